The van der Waals surface area contributed by atoms with Gasteiger partial charge >= 0.3 is 0 Å². The van der Waals surface area contributed by atoms with Crippen LogP contribution in [0.3, 0.4) is 0 Å². The first-order valence-electron chi connectivity index (χ1n) is 8.42. The maximum Gasteiger partial charge on any atom is 0.240 e. The summed E-state index contributed by atoms with van der Waals surface area (Å²) in [7, 11) is -3.68. The van der Waals surface area contributed by atoms with Crippen molar-refractivity contribution in [3.05, 3.63) is 59.2 Å². The normalized spacial score (nSPS) is 11.2. The summed E-state index contributed by atoms with van der Waals surface area (Å²) in [6, 6.07) is 11.7. The first kappa shape index (κ1) is 20.6. The highest BCUT2D eigenvalue weighted by molar-refractivity contribution is 7.89. The molecular weight excluding hydrogens is 366 g/mol. The van der Waals surface area contributed by atoms with Crippen LogP contribution in [0.25, 0.3) is 0 Å². The topological polar surface area (TPSA) is 118 Å². The van der Waals surface area contributed by atoms with Gasteiger partial charge in [0.1, 0.15) is 0 Å². The lowest BCUT2D eigenvalue weighted by Crippen LogP contribution is -2.28. The van der Waals surface area contributed by atoms with E-state index in [1.165, 1.54) is 6.07 Å². The molecule has 0 radical (unpaired) electrons. The summed E-state index contributed by atoms with van der Waals surface area (Å²) >= 11 is 0. The van der Waals surface area contributed by atoms with Crippen LogP contribution in [0.2, 0.25) is 0 Å². The van der Waals surface area contributed by atoms with Crippen LogP contribution in [0.5, 0.6) is 0 Å². The number of anilines is 1. The third-order valence-electron chi connectivity index (χ3n) is 4.09. The molecule has 0 aromatic heterocycles. The minimum Gasteiger partial charge on any atom is -0.369 e. The molecule has 7 nitrogen and oxygen atoms in total. The van der Waals surface area contributed by atoms with Crippen LogP contribution in [-0.2, 0) is 26.0 Å². The number of hydrogen-bond acceptors (Lipinski definition) is 4. The monoisotopic (exact) mass is 389 g/mol. The quantitative estimate of drug-likeness (QED) is 0.636. The van der Waals surface area contributed by atoms with Gasteiger partial charge < -0.3 is 11.1 Å². The number of sulfonamides is 1. The highest BCUT2D eigenvalue weighted by Crippen LogP contribution is 2.16. The van der Waals surface area contributed by atoms with Gasteiger partial charge in [0.15, 0.2) is 0 Å². The third kappa shape index (κ3) is 5.90. The van der Waals surface area contributed by atoms with Crippen LogP contribution in [0.1, 0.15) is 23.1 Å². The Balaban J connectivity index is 1.94. The highest BCUT2D eigenvalue weighted by Gasteiger charge is 2.15. The standard InChI is InChI=1S/C19H23N3O4S/c1-13-7-8-16(11-14(13)2)27(25,26)21-10-9-19(24)22-17-6-4-3-5-15(17)12-18(20)23/h3-8,11,21H,9-10,12H2,1-2H3,(H2,20,23)(H,22,24). The Hall–Kier alpha value is -2.71. The number of rotatable bonds is 8. The molecule has 0 heterocycles. The average Bonchev–Trinajstić information content (AvgIpc) is 2.58. The first-order chi connectivity index (χ1) is 12.7. The van der Waals surface area contributed by atoms with Crippen LogP contribution in [0.15, 0.2) is 47.4 Å². The van der Waals surface area contributed by atoms with Gasteiger partial charge in [-0.25, -0.2) is 13.1 Å². The zero-order chi connectivity index (χ0) is 20.0. The maximum absolute atomic E-state index is 12.3. The van der Waals surface area contributed by atoms with Crippen LogP contribution in [0.4, 0.5) is 5.69 Å². The van der Waals surface area contributed by atoms with Crippen molar-refractivity contribution >= 4 is 27.5 Å². The fourth-order valence-corrected chi connectivity index (χ4v) is 3.58. The highest BCUT2D eigenvalue weighted by atomic mass is 32.2. The molecule has 27 heavy (non-hydrogen) atoms. The summed E-state index contributed by atoms with van der Waals surface area (Å²) in [6.07, 6.45) is -0.0369. The number of benzene rings is 2. The molecule has 0 aliphatic carbocycles. The zero-order valence-electron chi connectivity index (χ0n) is 15.3. The summed E-state index contributed by atoms with van der Waals surface area (Å²) in [4.78, 5) is 23.4. The van der Waals surface area contributed by atoms with E-state index in [-0.39, 0.29) is 30.2 Å². The number of carbonyl (C=O) groups is 2. The second-order valence-electron chi connectivity index (χ2n) is 6.24. The van der Waals surface area contributed by atoms with Gasteiger partial charge in [-0.3, -0.25) is 9.59 Å². The number of amides is 2. The fourth-order valence-electron chi connectivity index (χ4n) is 2.46. The van der Waals surface area contributed by atoms with Crippen molar-refractivity contribution in [1.82, 2.24) is 4.72 Å². The Morgan fingerprint density at radius 2 is 1.74 bits per heavy atom. The summed E-state index contributed by atoms with van der Waals surface area (Å²) in [5.74, 6) is -0.868. The fraction of sp³-hybridized carbons (Fsp3) is 0.263. The number of aryl methyl sites for hydroxylation is 2. The lowest BCUT2D eigenvalue weighted by molar-refractivity contribution is -0.118. The molecule has 0 saturated heterocycles. The van der Waals surface area contributed by atoms with Gasteiger partial charge in [-0.05, 0) is 48.7 Å². The van der Waals surface area contributed by atoms with Gasteiger partial charge in [-0.15, -0.1) is 0 Å². The smallest absolute Gasteiger partial charge is 0.240 e. The van der Waals surface area contributed by atoms with Gasteiger partial charge in [-0.1, -0.05) is 24.3 Å². The van der Waals surface area contributed by atoms with Crippen molar-refractivity contribution in [1.29, 1.82) is 0 Å². The van der Waals surface area contributed by atoms with Crippen molar-refractivity contribution in [3.8, 4) is 0 Å². The largest absolute Gasteiger partial charge is 0.369 e. The van der Waals surface area contributed by atoms with E-state index in [2.05, 4.69) is 10.0 Å². The third-order valence-corrected chi connectivity index (χ3v) is 5.55. The van der Waals surface area contributed by atoms with Crippen LogP contribution < -0.4 is 15.8 Å². The molecule has 0 fully saturated rings. The number of carbonyl (C=O) groups excluding carboxylic acids is 2. The Labute approximate surface area is 159 Å². The minimum atomic E-state index is -3.68. The second-order valence-corrected chi connectivity index (χ2v) is 8.01. The summed E-state index contributed by atoms with van der Waals surface area (Å²) < 4.78 is 27.1. The van der Waals surface area contributed by atoms with E-state index in [1.807, 2.05) is 13.8 Å². The van der Waals surface area contributed by atoms with Crippen molar-refractivity contribution in [2.24, 2.45) is 5.73 Å². The number of hydrogen-bond donors (Lipinski definition) is 3. The van der Waals surface area contributed by atoms with Gasteiger partial charge in [0, 0.05) is 18.7 Å². The summed E-state index contributed by atoms with van der Waals surface area (Å²) in [5, 5.41) is 2.68. The van der Waals surface area contributed by atoms with E-state index in [0.29, 0.717) is 11.3 Å². The Kier molecular flexibility index (Phi) is 6.70. The lowest BCUT2D eigenvalue weighted by atomic mass is 10.1. The first-order valence-corrected chi connectivity index (χ1v) is 9.90. The molecule has 0 atom stereocenters. The lowest BCUT2D eigenvalue weighted by Gasteiger charge is -2.11. The molecule has 144 valence electrons. The molecule has 4 N–H and O–H groups in total. The van der Waals surface area contributed by atoms with E-state index in [0.717, 1.165) is 11.1 Å². The van der Waals surface area contributed by atoms with E-state index < -0.39 is 15.9 Å². The average molecular weight is 389 g/mol. The van der Waals surface area contributed by atoms with Crippen LogP contribution >= 0.6 is 0 Å². The Bertz CT molecular complexity index is 955. The molecule has 2 rings (SSSR count). The van der Waals surface area contributed by atoms with E-state index >= 15 is 0 Å². The molecule has 0 saturated carbocycles. The molecule has 0 bridgehead atoms. The zero-order valence-corrected chi connectivity index (χ0v) is 16.1. The van der Waals surface area contributed by atoms with Crippen LogP contribution in [0, 0.1) is 13.8 Å². The van der Waals surface area contributed by atoms with Crippen molar-refractivity contribution < 1.29 is 18.0 Å². The van der Waals surface area contributed by atoms with Gasteiger partial charge in [0.2, 0.25) is 21.8 Å². The summed E-state index contributed by atoms with van der Waals surface area (Å²) in [5.41, 5.74) is 8.17. The van der Waals surface area contributed by atoms with E-state index in [4.69, 9.17) is 5.73 Å². The molecule has 8 heteroatoms. The number of para-hydroxylation sites is 1. The van der Waals surface area contributed by atoms with Gasteiger partial charge in [0.25, 0.3) is 0 Å². The maximum atomic E-state index is 12.3. The van der Waals surface area contributed by atoms with E-state index in [9.17, 15) is 18.0 Å². The van der Waals surface area contributed by atoms with Gasteiger partial charge in [0.05, 0.1) is 11.3 Å². The van der Waals surface area contributed by atoms with Crippen LogP contribution in [-0.4, -0.2) is 26.8 Å². The molecule has 0 aliphatic rings. The van der Waals surface area contributed by atoms with E-state index in [1.54, 1.807) is 36.4 Å². The SMILES string of the molecule is Cc1ccc(S(=O)(=O)NCCC(=O)Nc2ccccc2CC(N)=O)cc1C. The molecular formula is C19H23N3O4S. The number of primary amides is 1. The molecule has 2 amide bonds. The minimum absolute atomic E-state index is 0.00978. The van der Waals surface area contributed by atoms with Crippen molar-refractivity contribution in [2.75, 3.05) is 11.9 Å². The Morgan fingerprint density at radius 3 is 2.41 bits per heavy atom. The molecule has 0 spiro atoms. The predicted octanol–water partition coefficient (Wildman–Crippen LogP) is 1.64. The molecule has 0 unspecified atom stereocenters. The second kappa shape index (κ2) is 8.79. The molecule has 0 aliphatic heterocycles. The van der Waals surface area contributed by atoms with Crippen molar-refractivity contribution in [2.45, 2.75) is 31.6 Å². The number of nitrogens with one attached hydrogen (secondary N) is 2. The molecule has 2 aromatic rings. The number of nitrogens with two attached hydrogens (primary N) is 1. The predicted molar refractivity (Wildman–Crippen MR) is 104 cm³/mol. The Morgan fingerprint density at radius 1 is 1.04 bits per heavy atom. The molecule has 2 aromatic carbocycles. The van der Waals surface area contributed by atoms with Gasteiger partial charge in [-0.2, -0.15) is 0 Å². The summed E-state index contributed by atoms with van der Waals surface area (Å²) in [6.45, 7) is 3.70. The van der Waals surface area contributed by atoms with Crippen molar-refractivity contribution in [3.63, 3.8) is 0 Å².